The molecule has 1 N–H and O–H groups in total. The first-order chi connectivity index (χ1) is 8.45. The highest BCUT2D eigenvalue weighted by molar-refractivity contribution is 6.31. The van der Waals surface area contributed by atoms with Crippen LogP contribution in [-0.2, 0) is 6.61 Å². The molecular weight excluding hydrogens is 262 g/mol. The van der Waals surface area contributed by atoms with Gasteiger partial charge in [-0.15, -0.1) is 0 Å². The first-order valence-electron chi connectivity index (χ1n) is 5.26. The number of aryl methyl sites for hydroxylation is 1. The lowest BCUT2D eigenvalue weighted by Crippen LogP contribution is -2.06. The van der Waals surface area contributed by atoms with Crippen molar-refractivity contribution in [1.29, 1.82) is 0 Å². The Hall–Kier alpha value is -1.46. The Bertz CT molecular complexity index is 587. The summed E-state index contributed by atoms with van der Waals surface area (Å²) in [5, 5.41) is 13.2. The summed E-state index contributed by atoms with van der Waals surface area (Å²) in [7, 11) is 0. The maximum atomic E-state index is 13.8. The molecule has 0 fully saturated rings. The summed E-state index contributed by atoms with van der Waals surface area (Å²) >= 11 is 5.94. The van der Waals surface area contributed by atoms with Crippen molar-refractivity contribution < 1.29 is 13.9 Å². The van der Waals surface area contributed by atoms with Crippen LogP contribution in [0, 0.1) is 25.5 Å². The molecule has 2 rings (SSSR count). The van der Waals surface area contributed by atoms with E-state index in [1.165, 1.54) is 0 Å². The highest BCUT2D eigenvalue weighted by Gasteiger charge is 2.18. The van der Waals surface area contributed by atoms with Gasteiger partial charge in [0.1, 0.15) is 5.69 Å². The van der Waals surface area contributed by atoms with Crippen LogP contribution in [0.2, 0.25) is 5.02 Å². The number of nitrogens with zero attached hydrogens (tertiary/aromatic N) is 2. The molecule has 0 radical (unpaired) electrons. The Morgan fingerprint density at radius 1 is 1.28 bits per heavy atom. The zero-order valence-electron chi connectivity index (χ0n) is 9.84. The molecule has 1 heterocycles. The number of halogens is 3. The summed E-state index contributed by atoms with van der Waals surface area (Å²) in [6, 6.07) is 2.14. The van der Waals surface area contributed by atoms with Crippen LogP contribution >= 0.6 is 11.6 Å². The first kappa shape index (κ1) is 13.0. The third kappa shape index (κ3) is 2.00. The van der Waals surface area contributed by atoms with Crippen LogP contribution in [0.4, 0.5) is 8.78 Å². The average Bonchev–Trinajstić information content (AvgIpc) is 2.56. The highest BCUT2D eigenvalue weighted by atomic mass is 35.5. The van der Waals surface area contributed by atoms with Gasteiger partial charge in [0.15, 0.2) is 11.6 Å². The van der Waals surface area contributed by atoms with Crippen molar-refractivity contribution >= 4 is 11.6 Å². The Morgan fingerprint density at radius 3 is 2.22 bits per heavy atom. The quantitative estimate of drug-likeness (QED) is 0.913. The Labute approximate surface area is 108 Å². The standard InChI is InChI=1S/C12H11ClF2N2O/c1-6-11(13)7(2)17(16-6)12-9(14)3-8(5-18)4-10(12)15/h3-4,18H,5H2,1-2H3. The molecule has 2 aromatic rings. The third-order valence-electron chi connectivity index (χ3n) is 2.67. The molecule has 0 aliphatic rings. The molecule has 0 aliphatic carbocycles. The van der Waals surface area contributed by atoms with Crippen LogP contribution < -0.4 is 0 Å². The molecule has 6 heteroatoms. The minimum Gasteiger partial charge on any atom is -0.392 e. The molecule has 18 heavy (non-hydrogen) atoms. The van der Waals surface area contributed by atoms with E-state index in [-0.39, 0.29) is 11.3 Å². The molecule has 0 bridgehead atoms. The van der Waals surface area contributed by atoms with Gasteiger partial charge >= 0.3 is 0 Å². The van der Waals surface area contributed by atoms with Gasteiger partial charge in [-0.05, 0) is 31.5 Å². The molecular formula is C12H11ClF2N2O. The smallest absolute Gasteiger partial charge is 0.152 e. The molecule has 1 aromatic heterocycles. The molecule has 1 aromatic carbocycles. The van der Waals surface area contributed by atoms with E-state index in [0.29, 0.717) is 16.4 Å². The van der Waals surface area contributed by atoms with Crippen molar-refractivity contribution in [1.82, 2.24) is 9.78 Å². The van der Waals surface area contributed by atoms with Gasteiger partial charge in [0.25, 0.3) is 0 Å². The van der Waals surface area contributed by atoms with Gasteiger partial charge < -0.3 is 5.11 Å². The molecule has 0 saturated carbocycles. The Balaban J connectivity index is 2.67. The highest BCUT2D eigenvalue weighted by Crippen LogP contribution is 2.26. The molecule has 0 unspecified atom stereocenters. The van der Waals surface area contributed by atoms with E-state index >= 15 is 0 Å². The average molecular weight is 273 g/mol. The van der Waals surface area contributed by atoms with Gasteiger partial charge in [-0.2, -0.15) is 5.10 Å². The molecule has 0 amide bonds. The summed E-state index contributed by atoms with van der Waals surface area (Å²) in [6.45, 7) is 2.86. The fourth-order valence-electron chi connectivity index (χ4n) is 1.75. The molecule has 96 valence electrons. The third-order valence-corrected chi connectivity index (χ3v) is 3.22. The normalized spacial score (nSPS) is 11.0. The summed E-state index contributed by atoms with van der Waals surface area (Å²) in [5.74, 6) is -1.58. The lowest BCUT2D eigenvalue weighted by atomic mass is 10.2. The van der Waals surface area contributed by atoms with E-state index in [9.17, 15) is 8.78 Å². The summed E-state index contributed by atoms with van der Waals surface area (Å²) in [6.07, 6.45) is 0. The van der Waals surface area contributed by atoms with Crippen LogP contribution in [0.1, 0.15) is 17.0 Å². The van der Waals surface area contributed by atoms with Crippen molar-refractivity contribution in [3.05, 3.63) is 45.7 Å². The van der Waals surface area contributed by atoms with Gasteiger partial charge in [0.2, 0.25) is 0 Å². The van der Waals surface area contributed by atoms with Crippen molar-refractivity contribution in [2.75, 3.05) is 0 Å². The van der Waals surface area contributed by atoms with E-state index in [1.54, 1.807) is 13.8 Å². The molecule has 3 nitrogen and oxygen atoms in total. The van der Waals surface area contributed by atoms with Crippen LogP contribution in [0.25, 0.3) is 5.69 Å². The van der Waals surface area contributed by atoms with Crippen molar-refractivity contribution in [2.45, 2.75) is 20.5 Å². The summed E-state index contributed by atoms with van der Waals surface area (Å²) in [5.41, 5.74) is 0.837. The van der Waals surface area contributed by atoms with Gasteiger partial charge in [-0.3, -0.25) is 0 Å². The predicted molar refractivity (Wildman–Crippen MR) is 63.9 cm³/mol. The number of rotatable bonds is 2. The largest absolute Gasteiger partial charge is 0.392 e. The van der Waals surface area contributed by atoms with Crippen molar-refractivity contribution in [3.8, 4) is 5.69 Å². The maximum Gasteiger partial charge on any atom is 0.152 e. The number of aliphatic hydroxyl groups excluding tert-OH is 1. The monoisotopic (exact) mass is 272 g/mol. The predicted octanol–water partition coefficient (Wildman–Crippen LogP) is 2.91. The number of hydrogen-bond donors (Lipinski definition) is 1. The number of aliphatic hydroxyl groups is 1. The maximum absolute atomic E-state index is 13.8. The van der Waals surface area contributed by atoms with Crippen molar-refractivity contribution in [3.63, 3.8) is 0 Å². The first-order valence-corrected chi connectivity index (χ1v) is 5.64. The minimum absolute atomic E-state index is 0.168. The lowest BCUT2D eigenvalue weighted by Gasteiger charge is -2.08. The van der Waals surface area contributed by atoms with Crippen molar-refractivity contribution in [2.24, 2.45) is 0 Å². The fraction of sp³-hybridized carbons (Fsp3) is 0.250. The molecule has 0 spiro atoms. The van der Waals surface area contributed by atoms with E-state index in [2.05, 4.69) is 5.10 Å². The van der Waals surface area contributed by atoms with Gasteiger partial charge in [-0.25, -0.2) is 13.5 Å². The number of aromatic nitrogens is 2. The van der Waals surface area contributed by atoms with E-state index in [1.807, 2.05) is 0 Å². The summed E-state index contributed by atoms with van der Waals surface area (Å²) in [4.78, 5) is 0. The molecule has 0 atom stereocenters. The van der Waals surface area contributed by atoms with E-state index in [4.69, 9.17) is 16.7 Å². The van der Waals surface area contributed by atoms with Crippen LogP contribution in [0.15, 0.2) is 12.1 Å². The lowest BCUT2D eigenvalue weighted by molar-refractivity contribution is 0.280. The SMILES string of the molecule is Cc1nn(-c2c(F)cc(CO)cc2F)c(C)c1Cl. The Morgan fingerprint density at radius 2 is 1.83 bits per heavy atom. The molecule has 0 saturated heterocycles. The van der Waals surface area contributed by atoms with E-state index < -0.39 is 18.2 Å². The van der Waals surface area contributed by atoms with Crippen LogP contribution in [0.5, 0.6) is 0 Å². The van der Waals surface area contributed by atoms with Gasteiger partial charge in [0.05, 0.1) is 23.0 Å². The van der Waals surface area contributed by atoms with Gasteiger partial charge in [0, 0.05) is 0 Å². The van der Waals surface area contributed by atoms with Crippen LogP contribution in [-0.4, -0.2) is 14.9 Å². The fourth-order valence-corrected chi connectivity index (χ4v) is 1.87. The second-order valence-corrected chi connectivity index (χ2v) is 4.34. The number of hydrogen-bond acceptors (Lipinski definition) is 2. The van der Waals surface area contributed by atoms with Crippen LogP contribution in [0.3, 0.4) is 0 Å². The second kappa shape index (κ2) is 4.66. The van der Waals surface area contributed by atoms with E-state index in [0.717, 1.165) is 16.8 Å². The van der Waals surface area contributed by atoms with Gasteiger partial charge in [-0.1, -0.05) is 11.6 Å². The topological polar surface area (TPSA) is 38.0 Å². The zero-order chi connectivity index (χ0) is 13.4. The summed E-state index contributed by atoms with van der Waals surface area (Å²) < 4.78 is 28.8. The minimum atomic E-state index is -0.790. The Kier molecular flexibility index (Phi) is 3.36. The zero-order valence-corrected chi connectivity index (χ0v) is 10.6. The second-order valence-electron chi connectivity index (χ2n) is 3.96. The number of benzene rings is 1. The molecule has 0 aliphatic heterocycles.